The van der Waals surface area contributed by atoms with Gasteiger partial charge in [-0.3, -0.25) is 4.79 Å². The van der Waals surface area contributed by atoms with Crippen LogP contribution in [0.4, 0.5) is 0 Å². The van der Waals surface area contributed by atoms with Gasteiger partial charge in [-0.2, -0.15) is 0 Å². The minimum atomic E-state index is -0.216. The normalized spacial score (nSPS) is 21.9. The SMILES string of the molecule is C[C@H](Sc1ncccn1)C(=O)N[C@@H](C)[C@@H]1CCCO1. The molecule has 1 N–H and O–H groups in total. The summed E-state index contributed by atoms with van der Waals surface area (Å²) in [5, 5.41) is 3.41. The first-order valence-electron chi connectivity index (χ1n) is 6.52. The van der Waals surface area contributed by atoms with Gasteiger partial charge in [-0.15, -0.1) is 0 Å². The summed E-state index contributed by atoms with van der Waals surface area (Å²) in [6.07, 6.45) is 5.59. The van der Waals surface area contributed by atoms with E-state index in [2.05, 4.69) is 15.3 Å². The fourth-order valence-corrected chi connectivity index (χ4v) is 2.72. The van der Waals surface area contributed by atoms with Gasteiger partial charge in [0.15, 0.2) is 5.16 Å². The molecule has 104 valence electrons. The van der Waals surface area contributed by atoms with E-state index in [9.17, 15) is 4.79 Å². The summed E-state index contributed by atoms with van der Waals surface area (Å²) < 4.78 is 5.57. The van der Waals surface area contributed by atoms with E-state index < -0.39 is 0 Å². The quantitative estimate of drug-likeness (QED) is 0.656. The van der Waals surface area contributed by atoms with Gasteiger partial charge in [0, 0.05) is 19.0 Å². The lowest BCUT2D eigenvalue weighted by Crippen LogP contribution is -2.44. The Morgan fingerprint density at radius 2 is 2.21 bits per heavy atom. The predicted molar refractivity (Wildman–Crippen MR) is 73.9 cm³/mol. The Morgan fingerprint density at radius 1 is 1.47 bits per heavy atom. The molecule has 1 amide bonds. The Morgan fingerprint density at radius 3 is 2.84 bits per heavy atom. The van der Waals surface area contributed by atoms with E-state index in [4.69, 9.17) is 4.74 Å². The van der Waals surface area contributed by atoms with Crippen molar-refractivity contribution < 1.29 is 9.53 Å². The average Bonchev–Trinajstić information content (AvgIpc) is 2.93. The van der Waals surface area contributed by atoms with Gasteiger partial charge in [-0.25, -0.2) is 9.97 Å². The zero-order valence-corrected chi connectivity index (χ0v) is 12.0. The maximum Gasteiger partial charge on any atom is 0.233 e. The molecule has 1 fully saturated rings. The van der Waals surface area contributed by atoms with Gasteiger partial charge in [-0.1, -0.05) is 11.8 Å². The second-order valence-electron chi connectivity index (χ2n) is 4.64. The van der Waals surface area contributed by atoms with Gasteiger partial charge in [0.25, 0.3) is 0 Å². The van der Waals surface area contributed by atoms with Gasteiger partial charge in [0.1, 0.15) is 0 Å². The number of aromatic nitrogens is 2. The summed E-state index contributed by atoms with van der Waals surface area (Å²) in [6, 6.07) is 1.81. The van der Waals surface area contributed by atoms with Crippen LogP contribution in [0.15, 0.2) is 23.6 Å². The van der Waals surface area contributed by atoms with Crippen molar-refractivity contribution in [2.75, 3.05) is 6.61 Å². The van der Waals surface area contributed by atoms with E-state index in [1.165, 1.54) is 11.8 Å². The fourth-order valence-electron chi connectivity index (χ4n) is 1.99. The molecule has 19 heavy (non-hydrogen) atoms. The van der Waals surface area contributed by atoms with E-state index in [0.29, 0.717) is 5.16 Å². The molecule has 5 nitrogen and oxygen atoms in total. The van der Waals surface area contributed by atoms with Crippen LogP contribution in [0, 0.1) is 0 Å². The molecule has 0 aromatic carbocycles. The Labute approximate surface area is 117 Å². The van der Waals surface area contributed by atoms with E-state index in [0.717, 1.165) is 19.4 Å². The summed E-state index contributed by atoms with van der Waals surface area (Å²) in [5.74, 6) is 0.000420. The van der Waals surface area contributed by atoms with Crippen LogP contribution in [-0.2, 0) is 9.53 Å². The number of amides is 1. The third kappa shape index (κ3) is 4.18. The smallest absolute Gasteiger partial charge is 0.233 e. The Balaban J connectivity index is 1.82. The van der Waals surface area contributed by atoms with Crippen LogP contribution in [-0.4, -0.2) is 39.9 Å². The zero-order valence-electron chi connectivity index (χ0n) is 11.2. The molecule has 6 heteroatoms. The molecule has 1 aliphatic rings. The van der Waals surface area contributed by atoms with E-state index >= 15 is 0 Å². The fraction of sp³-hybridized carbons (Fsp3) is 0.615. The summed E-state index contributed by atoms with van der Waals surface area (Å²) >= 11 is 1.36. The summed E-state index contributed by atoms with van der Waals surface area (Å²) in [7, 11) is 0. The number of ether oxygens (including phenoxy) is 1. The minimum Gasteiger partial charge on any atom is -0.376 e. The summed E-state index contributed by atoms with van der Waals surface area (Å²) in [5.41, 5.74) is 0. The molecule has 2 rings (SSSR count). The molecule has 0 saturated carbocycles. The monoisotopic (exact) mass is 281 g/mol. The standard InChI is InChI=1S/C13H19N3O2S/c1-9(11-5-3-8-18-11)16-12(17)10(2)19-13-14-6-4-7-15-13/h4,6-7,9-11H,3,5,8H2,1-2H3,(H,16,17)/t9-,10-,11-/m0/s1. The Bertz CT molecular complexity index is 410. The lowest BCUT2D eigenvalue weighted by atomic mass is 10.1. The van der Waals surface area contributed by atoms with Gasteiger partial charge < -0.3 is 10.1 Å². The van der Waals surface area contributed by atoms with Crippen LogP contribution in [0.3, 0.4) is 0 Å². The second-order valence-corrected chi connectivity index (χ2v) is 5.95. The van der Waals surface area contributed by atoms with Crippen LogP contribution >= 0.6 is 11.8 Å². The van der Waals surface area contributed by atoms with Crippen molar-refractivity contribution in [3.63, 3.8) is 0 Å². The minimum absolute atomic E-state index is 0.000420. The Kier molecular flexibility index (Phi) is 5.15. The van der Waals surface area contributed by atoms with E-state index in [-0.39, 0.29) is 23.3 Å². The van der Waals surface area contributed by atoms with Crippen LogP contribution < -0.4 is 5.32 Å². The molecule has 2 heterocycles. The maximum absolute atomic E-state index is 12.1. The molecule has 0 radical (unpaired) electrons. The van der Waals surface area contributed by atoms with Gasteiger partial charge in [-0.05, 0) is 32.8 Å². The number of nitrogens with one attached hydrogen (secondary N) is 1. The molecule has 1 aromatic heterocycles. The van der Waals surface area contributed by atoms with Crippen molar-refractivity contribution in [3.8, 4) is 0 Å². The molecular weight excluding hydrogens is 262 g/mol. The first-order chi connectivity index (χ1) is 9.16. The van der Waals surface area contributed by atoms with Crippen molar-refractivity contribution in [2.45, 2.75) is 49.2 Å². The predicted octanol–water partition coefficient (Wildman–Crippen LogP) is 1.64. The van der Waals surface area contributed by atoms with Gasteiger partial charge >= 0.3 is 0 Å². The number of rotatable bonds is 5. The third-order valence-corrected chi connectivity index (χ3v) is 4.08. The molecule has 1 aliphatic heterocycles. The van der Waals surface area contributed by atoms with E-state index in [1.54, 1.807) is 18.5 Å². The van der Waals surface area contributed by atoms with Crippen LogP contribution in [0.5, 0.6) is 0 Å². The number of hydrogen-bond donors (Lipinski definition) is 1. The first-order valence-corrected chi connectivity index (χ1v) is 7.40. The molecule has 0 spiro atoms. The number of carbonyl (C=O) groups is 1. The zero-order chi connectivity index (χ0) is 13.7. The number of nitrogens with zero attached hydrogens (tertiary/aromatic N) is 2. The Hall–Kier alpha value is -1.14. The topological polar surface area (TPSA) is 64.1 Å². The number of hydrogen-bond acceptors (Lipinski definition) is 5. The lowest BCUT2D eigenvalue weighted by Gasteiger charge is -2.21. The van der Waals surface area contributed by atoms with Gasteiger partial charge in [0.2, 0.25) is 5.91 Å². The average molecular weight is 281 g/mol. The number of thioether (sulfide) groups is 1. The molecular formula is C13H19N3O2S. The van der Waals surface area contributed by atoms with Crippen LogP contribution in [0.25, 0.3) is 0 Å². The molecule has 0 aliphatic carbocycles. The maximum atomic E-state index is 12.1. The van der Waals surface area contributed by atoms with Crippen molar-refractivity contribution in [1.82, 2.24) is 15.3 Å². The first kappa shape index (κ1) is 14.3. The highest BCUT2D eigenvalue weighted by molar-refractivity contribution is 8.00. The summed E-state index contributed by atoms with van der Waals surface area (Å²) in [4.78, 5) is 20.3. The molecule has 1 saturated heterocycles. The van der Waals surface area contributed by atoms with Gasteiger partial charge in [0.05, 0.1) is 17.4 Å². The molecule has 1 aromatic rings. The molecule has 0 unspecified atom stereocenters. The molecule has 3 atom stereocenters. The van der Waals surface area contributed by atoms with Crippen molar-refractivity contribution >= 4 is 17.7 Å². The third-order valence-electron chi connectivity index (χ3n) is 3.09. The van der Waals surface area contributed by atoms with Crippen molar-refractivity contribution in [3.05, 3.63) is 18.5 Å². The summed E-state index contributed by atoms with van der Waals surface area (Å²) in [6.45, 7) is 4.65. The van der Waals surface area contributed by atoms with Crippen molar-refractivity contribution in [1.29, 1.82) is 0 Å². The van der Waals surface area contributed by atoms with Crippen LogP contribution in [0.2, 0.25) is 0 Å². The van der Waals surface area contributed by atoms with Crippen LogP contribution in [0.1, 0.15) is 26.7 Å². The van der Waals surface area contributed by atoms with Crippen molar-refractivity contribution in [2.24, 2.45) is 0 Å². The lowest BCUT2D eigenvalue weighted by molar-refractivity contribution is -0.121. The number of carbonyl (C=O) groups excluding carboxylic acids is 1. The van der Waals surface area contributed by atoms with E-state index in [1.807, 2.05) is 13.8 Å². The largest absolute Gasteiger partial charge is 0.376 e. The highest BCUT2D eigenvalue weighted by Crippen LogP contribution is 2.20. The highest BCUT2D eigenvalue weighted by atomic mass is 32.2. The molecule has 0 bridgehead atoms. The highest BCUT2D eigenvalue weighted by Gasteiger charge is 2.25. The second kappa shape index (κ2) is 6.86.